The van der Waals surface area contributed by atoms with Gasteiger partial charge in [-0.1, -0.05) is 12.1 Å². The molecular weight excluding hydrogens is 205 g/mol. The first-order valence-electron chi connectivity index (χ1n) is 5.03. The maximum atomic E-state index is 13.3. The number of aromatic nitrogens is 1. The maximum absolute atomic E-state index is 13.3. The quantitative estimate of drug-likeness (QED) is 0.788. The van der Waals surface area contributed by atoms with Gasteiger partial charge >= 0.3 is 0 Å². The Bertz CT molecular complexity index is 471. The molecule has 1 aromatic carbocycles. The highest BCUT2D eigenvalue weighted by atomic mass is 19.1. The van der Waals surface area contributed by atoms with Crippen molar-refractivity contribution < 1.29 is 9.13 Å². The number of ether oxygens (including phenoxy) is 1. The van der Waals surface area contributed by atoms with Crippen molar-refractivity contribution in [3.05, 3.63) is 59.7 Å². The van der Waals surface area contributed by atoms with Gasteiger partial charge in [0, 0.05) is 18.0 Å². The van der Waals surface area contributed by atoms with Gasteiger partial charge in [0.15, 0.2) is 11.6 Å². The number of nitrogens with zero attached hydrogens (tertiary/aromatic N) is 1. The first kappa shape index (κ1) is 10.6. The number of hydrogen-bond donors (Lipinski definition) is 0. The summed E-state index contributed by atoms with van der Waals surface area (Å²) >= 11 is 0. The summed E-state index contributed by atoms with van der Waals surface area (Å²) in [5.41, 5.74) is 1.89. The van der Waals surface area contributed by atoms with Crippen molar-refractivity contribution in [2.24, 2.45) is 0 Å². The summed E-state index contributed by atoms with van der Waals surface area (Å²) in [6.07, 6.45) is 3.39. The molecular formula is C13H12FNO. The van der Waals surface area contributed by atoms with E-state index in [0.29, 0.717) is 6.61 Å². The largest absolute Gasteiger partial charge is 0.486 e. The van der Waals surface area contributed by atoms with Crippen LogP contribution in [0.4, 0.5) is 4.39 Å². The van der Waals surface area contributed by atoms with Gasteiger partial charge in [-0.25, -0.2) is 4.39 Å². The molecule has 0 aliphatic rings. The Morgan fingerprint density at radius 1 is 1.31 bits per heavy atom. The smallest absolute Gasteiger partial charge is 0.165 e. The van der Waals surface area contributed by atoms with Crippen molar-refractivity contribution in [1.29, 1.82) is 0 Å². The lowest BCUT2D eigenvalue weighted by Gasteiger charge is -2.07. The lowest BCUT2D eigenvalue weighted by Crippen LogP contribution is -1.98. The Balaban J connectivity index is 2.08. The SMILES string of the molecule is Cc1ccc(F)c(OCc2cccnc2)c1. The van der Waals surface area contributed by atoms with E-state index < -0.39 is 0 Å². The molecule has 0 aliphatic heterocycles. The van der Waals surface area contributed by atoms with Crippen molar-refractivity contribution in [3.63, 3.8) is 0 Å². The van der Waals surface area contributed by atoms with E-state index in [4.69, 9.17) is 4.74 Å². The summed E-state index contributed by atoms with van der Waals surface area (Å²) in [6, 6.07) is 8.53. The lowest BCUT2D eigenvalue weighted by atomic mass is 10.2. The van der Waals surface area contributed by atoms with Crippen LogP contribution in [0.25, 0.3) is 0 Å². The molecule has 0 N–H and O–H groups in total. The molecule has 0 unspecified atom stereocenters. The average Bonchev–Trinajstić information content (AvgIpc) is 2.32. The molecule has 82 valence electrons. The molecule has 0 radical (unpaired) electrons. The van der Waals surface area contributed by atoms with Crippen molar-refractivity contribution in [2.75, 3.05) is 0 Å². The Kier molecular flexibility index (Phi) is 3.15. The fourth-order valence-corrected chi connectivity index (χ4v) is 1.37. The van der Waals surface area contributed by atoms with Crippen LogP contribution in [0.2, 0.25) is 0 Å². The number of pyridine rings is 1. The second-order valence-corrected chi connectivity index (χ2v) is 3.58. The highest BCUT2D eigenvalue weighted by Crippen LogP contribution is 2.19. The highest BCUT2D eigenvalue weighted by Gasteiger charge is 2.03. The van der Waals surface area contributed by atoms with Crippen LogP contribution in [0.3, 0.4) is 0 Å². The summed E-state index contributed by atoms with van der Waals surface area (Å²) in [5.74, 6) is -0.0571. The molecule has 0 amide bonds. The van der Waals surface area contributed by atoms with E-state index in [1.165, 1.54) is 6.07 Å². The first-order chi connectivity index (χ1) is 7.75. The normalized spacial score (nSPS) is 10.1. The minimum Gasteiger partial charge on any atom is -0.486 e. The van der Waals surface area contributed by atoms with Gasteiger partial charge in [-0.2, -0.15) is 0 Å². The van der Waals surface area contributed by atoms with E-state index in [2.05, 4.69) is 4.98 Å². The number of halogens is 1. The van der Waals surface area contributed by atoms with Crippen molar-refractivity contribution in [3.8, 4) is 5.75 Å². The predicted octanol–water partition coefficient (Wildman–Crippen LogP) is 3.11. The van der Waals surface area contributed by atoms with Gasteiger partial charge in [0.2, 0.25) is 0 Å². The van der Waals surface area contributed by atoms with Crippen LogP contribution < -0.4 is 4.74 Å². The van der Waals surface area contributed by atoms with Crippen molar-refractivity contribution in [1.82, 2.24) is 4.98 Å². The Morgan fingerprint density at radius 2 is 2.19 bits per heavy atom. The molecule has 0 fully saturated rings. The number of hydrogen-bond acceptors (Lipinski definition) is 2. The van der Waals surface area contributed by atoms with Crippen LogP contribution in [0.5, 0.6) is 5.75 Å². The van der Waals surface area contributed by atoms with Gasteiger partial charge in [-0.15, -0.1) is 0 Å². The second kappa shape index (κ2) is 4.75. The van der Waals surface area contributed by atoms with Crippen molar-refractivity contribution in [2.45, 2.75) is 13.5 Å². The third kappa shape index (κ3) is 2.57. The zero-order chi connectivity index (χ0) is 11.4. The van der Waals surface area contributed by atoms with Gasteiger partial charge in [0.1, 0.15) is 6.61 Å². The molecule has 0 bridgehead atoms. The average molecular weight is 217 g/mol. The summed E-state index contributed by atoms with van der Waals surface area (Å²) < 4.78 is 18.7. The Labute approximate surface area is 93.7 Å². The minimum atomic E-state index is -0.338. The summed E-state index contributed by atoms with van der Waals surface area (Å²) in [7, 11) is 0. The van der Waals surface area contributed by atoms with Gasteiger partial charge < -0.3 is 4.74 Å². The molecule has 1 aromatic heterocycles. The van der Waals surface area contributed by atoms with Crippen LogP contribution in [-0.2, 0) is 6.61 Å². The van der Waals surface area contributed by atoms with E-state index in [1.807, 2.05) is 19.1 Å². The maximum Gasteiger partial charge on any atom is 0.165 e. The molecule has 1 heterocycles. The third-order valence-corrected chi connectivity index (χ3v) is 2.20. The molecule has 2 rings (SSSR count). The molecule has 0 saturated heterocycles. The summed E-state index contributed by atoms with van der Waals surface area (Å²) in [6.45, 7) is 2.23. The van der Waals surface area contributed by atoms with Crippen LogP contribution in [-0.4, -0.2) is 4.98 Å². The molecule has 0 aliphatic carbocycles. The molecule has 2 nitrogen and oxygen atoms in total. The Hall–Kier alpha value is -1.90. The van der Waals surface area contributed by atoms with Crippen LogP contribution in [0.1, 0.15) is 11.1 Å². The fraction of sp³-hybridized carbons (Fsp3) is 0.154. The molecule has 2 aromatic rings. The lowest BCUT2D eigenvalue weighted by molar-refractivity contribution is 0.289. The van der Waals surface area contributed by atoms with E-state index in [1.54, 1.807) is 24.5 Å². The topological polar surface area (TPSA) is 22.1 Å². The highest BCUT2D eigenvalue weighted by molar-refractivity contribution is 5.29. The van der Waals surface area contributed by atoms with Crippen molar-refractivity contribution >= 4 is 0 Å². The number of rotatable bonds is 3. The Morgan fingerprint density at radius 3 is 2.94 bits per heavy atom. The summed E-state index contributed by atoms with van der Waals surface area (Å²) in [5, 5.41) is 0. The minimum absolute atomic E-state index is 0.281. The number of benzene rings is 1. The zero-order valence-corrected chi connectivity index (χ0v) is 8.98. The molecule has 16 heavy (non-hydrogen) atoms. The van der Waals surface area contributed by atoms with E-state index in [9.17, 15) is 4.39 Å². The zero-order valence-electron chi connectivity index (χ0n) is 8.98. The van der Waals surface area contributed by atoms with Crippen LogP contribution in [0.15, 0.2) is 42.7 Å². The fourth-order valence-electron chi connectivity index (χ4n) is 1.37. The summed E-state index contributed by atoms with van der Waals surface area (Å²) in [4.78, 5) is 3.96. The predicted molar refractivity (Wildman–Crippen MR) is 59.7 cm³/mol. The molecule has 0 spiro atoms. The van der Waals surface area contributed by atoms with E-state index in [0.717, 1.165) is 11.1 Å². The van der Waals surface area contributed by atoms with Crippen LogP contribution >= 0.6 is 0 Å². The van der Waals surface area contributed by atoms with E-state index >= 15 is 0 Å². The second-order valence-electron chi connectivity index (χ2n) is 3.58. The standard InChI is InChI=1S/C13H12FNO/c1-10-4-5-12(14)13(7-10)16-9-11-3-2-6-15-8-11/h2-8H,9H2,1H3. The monoisotopic (exact) mass is 217 g/mol. The van der Waals surface area contributed by atoms with Crippen LogP contribution in [0, 0.1) is 12.7 Å². The van der Waals surface area contributed by atoms with Gasteiger partial charge in [-0.05, 0) is 30.7 Å². The molecule has 0 saturated carbocycles. The molecule has 3 heteroatoms. The first-order valence-corrected chi connectivity index (χ1v) is 5.03. The van der Waals surface area contributed by atoms with Gasteiger partial charge in [0.05, 0.1) is 0 Å². The molecule has 0 atom stereocenters. The van der Waals surface area contributed by atoms with E-state index in [-0.39, 0.29) is 11.6 Å². The van der Waals surface area contributed by atoms with Gasteiger partial charge in [0.25, 0.3) is 0 Å². The number of aryl methyl sites for hydroxylation is 1. The van der Waals surface area contributed by atoms with Gasteiger partial charge in [-0.3, -0.25) is 4.98 Å². The third-order valence-electron chi connectivity index (χ3n) is 2.20.